The fourth-order valence-electron chi connectivity index (χ4n) is 3.26. The second kappa shape index (κ2) is 10.2. The predicted octanol–water partition coefficient (Wildman–Crippen LogP) is 3.79. The molecule has 2 aliphatic rings. The molecule has 23 heavy (non-hydrogen) atoms. The van der Waals surface area contributed by atoms with E-state index in [0.29, 0.717) is 12.8 Å². The fraction of sp³-hybridized carbons (Fsp3) is 0.647. The van der Waals surface area contributed by atoms with Crippen molar-refractivity contribution in [2.45, 2.75) is 38.6 Å². The Hall–Kier alpha value is -0.680. The molecule has 0 saturated carbocycles. The van der Waals surface area contributed by atoms with Gasteiger partial charge in [0.2, 0.25) is 6.79 Å². The number of benzene rings is 1. The van der Waals surface area contributed by atoms with Gasteiger partial charge in [-0.15, -0.1) is 24.8 Å². The zero-order valence-corrected chi connectivity index (χ0v) is 15.4. The molecule has 0 radical (unpaired) electrons. The monoisotopic (exact) mass is 362 g/mol. The molecule has 1 saturated heterocycles. The Morgan fingerprint density at radius 1 is 1.09 bits per heavy atom. The summed E-state index contributed by atoms with van der Waals surface area (Å²) in [6.07, 6.45) is 5.11. The van der Waals surface area contributed by atoms with Crippen LogP contribution in [0.1, 0.15) is 44.2 Å². The minimum absolute atomic E-state index is 0. The predicted molar refractivity (Wildman–Crippen MR) is 98.4 cm³/mol. The summed E-state index contributed by atoms with van der Waals surface area (Å²) in [4.78, 5) is 2.61. The van der Waals surface area contributed by atoms with E-state index in [0.717, 1.165) is 37.7 Å². The van der Waals surface area contributed by atoms with Gasteiger partial charge in [0.25, 0.3) is 0 Å². The van der Waals surface area contributed by atoms with E-state index in [-0.39, 0.29) is 24.8 Å². The number of ether oxygens (including phenoxy) is 2. The highest BCUT2D eigenvalue weighted by molar-refractivity contribution is 5.85. The van der Waals surface area contributed by atoms with Gasteiger partial charge in [0.1, 0.15) is 0 Å². The lowest BCUT2D eigenvalue weighted by atomic mass is 9.97. The van der Waals surface area contributed by atoms with Gasteiger partial charge < -0.3 is 14.8 Å². The highest BCUT2D eigenvalue weighted by atomic mass is 35.5. The van der Waals surface area contributed by atoms with E-state index in [4.69, 9.17) is 9.47 Å². The molecule has 1 aromatic carbocycles. The Balaban J connectivity index is 0.00000132. The molecular weight excluding hydrogens is 335 g/mol. The van der Waals surface area contributed by atoms with Crippen molar-refractivity contribution in [1.29, 1.82) is 0 Å². The van der Waals surface area contributed by atoms with Crippen LogP contribution in [-0.2, 0) is 0 Å². The van der Waals surface area contributed by atoms with Gasteiger partial charge in [-0.3, -0.25) is 4.90 Å². The number of unbranched alkanes of at least 4 members (excludes halogenated alkanes) is 2. The number of rotatable bonds is 6. The van der Waals surface area contributed by atoms with Crippen molar-refractivity contribution in [3.8, 4) is 11.5 Å². The van der Waals surface area contributed by atoms with Crippen LogP contribution in [0.5, 0.6) is 11.5 Å². The van der Waals surface area contributed by atoms with E-state index in [1.54, 1.807) is 0 Å². The maximum atomic E-state index is 5.55. The van der Waals surface area contributed by atoms with Crippen molar-refractivity contribution in [3.05, 3.63) is 23.8 Å². The van der Waals surface area contributed by atoms with Crippen molar-refractivity contribution in [3.63, 3.8) is 0 Å². The third kappa shape index (κ3) is 5.15. The summed E-state index contributed by atoms with van der Waals surface area (Å²) < 4.78 is 11.0. The molecular formula is C17H28Cl2N2O2. The van der Waals surface area contributed by atoms with E-state index in [2.05, 4.69) is 35.3 Å². The van der Waals surface area contributed by atoms with Gasteiger partial charge in [0.05, 0.1) is 0 Å². The molecule has 2 heterocycles. The van der Waals surface area contributed by atoms with E-state index in [1.165, 1.54) is 31.2 Å². The quantitative estimate of drug-likeness (QED) is 0.780. The zero-order valence-electron chi connectivity index (χ0n) is 13.8. The topological polar surface area (TPSA) is 33.7 Å². The molecule has 0 bridgehead atoms. The van der Waals surface area contributed by atoms with Gasteiger partial charge in [-0.25, -0.2) is 0 Å². The SMILES string of the molecule is CCCCC[C@H](c1ccc2c(c1)OCO2)N1CCNCC1.Cl.Cl. The highest BCUT2D eigenvalue weighted by Crippen LogP contribution is 2.37. The molecule has 0 aliphatic carbocycles. The number of halogens is 2. The van der Waals surface area contributed by atoms with Crippen LogP contribution in [-0.4, -0.2) is 37.9 Å². The van der Waals surface area contributed by atoms with Gasteiger partial charge in [0, 0.05) is 32.2 Å². The molecule has 0 spiro atoms. The summed E-state index contributed by atoms with van der Waals surface area (Å²) in [7, 11) is 0. The third-order valence-corrected chi connectivity index (χ3v) is 4.45. The van der Waals surface area contributed by atoms with Gasteiger partial charge >= 0.3 is 0 Å². The molecule has 4 nitrogen and oxygen atoms in total. The minimum Gasteiger partial charge on any atom is -0.454 e. The van der Waals surface area contributed by atoms with Crippen molar-refractivity contribution in [2.75, 3.05) is 33.0 Å². The number of hydrogen-bond donors (Lipinski definition) is 1. The lowest BCUT2D eigenvalue weighted by molar-refractivity contribution is 0.162. The Morgan fingerprint density at radius 3 is 2.57 bits per heavy atom. The van der Waals surface area contributed by atoms with Crippen LogP contribution < -0.4 is 14.8 Å². The smallest absolute Gasteiger partial charge is 0.231 e. The molecule has 0 aromatic heterocycles. The van der Waals surface area contributed by atoms with Crippen molar-refractivity contribution < 1.29 is 9.47 Å². The van der Waals surface area contributed by atoms with Crippen LogP contribution in [0.4, 0.5) is 0 Å². The minimum atomic E-state index is 0. The summed E-state index contributed by atoms with van der Waals surface area (Å²) in [5.74, 6) is 1.79. The van der Waals surface area contributed by atoms with Crippen LogP contribution in [0, 0.1) is 0 Å². The van der Waals surface area contributed by atoms with Crippen LogP contribution in [0.25, 0.3) is 0 Å². The summed E-state index contributed by atoms with van der Waals surface area (Å²) >= 11 is 0. The zero-order chi connectivity index (χ0) is 14.5. The van der Waals surface area contributed by atoms with Gasteiger partial charge in [-0.05, 0) is 24.1 Å². The van der Waals surface area contributed by atoms with Crippen LogP contribution in [0.3, 0.4) is 0 Å². The second-order valence-corrected chi connectivity index (χ2v) is 5.91. The number of nitrogens with zero attached hydrogens (tertiary/aromatic N) is 1. The second-order valence-electron chi connectivity index (χ2n) is 5.91. The van der Waals surface area contributed by atoms with Crippen LogP contribution in [0.15, 0.2) is 18.2 Å². The van der Waals surface area contributed by atoms with E-state index in [1.807, 2.05) is 0 Å². The summed E-state index contributed by atoms with van der Waals surface area (Å²) in [6.45, 7) is 7.06. The molecule has 132 valence electrons. The number of nitrogens with one attached hydrogen (secondary N) is 1. The first-order chi connectivity index (χ1) is 10.4. The molecule has 3 rings (SSSR count). The highest BCUT2D eigenvalue weighted by Gasteiger charge is 2.24. The molecule has 1 N–H and O–H groups in total. The first-order valence-corrected chi connectivity index (χ1v) is 8.23. The average Bonchev–Trinajstić information content (AvgIpc) is 3.00. The summed E-state index contributed by atoms with van der Waals surface area (Å²) in [5, 5.41) is 3.44. The maximum absolute atomic E-state index is 5.55. The Bertz CT molecular complexity index is 468. The van der Waals surface area contributed by atoms with Gasteiger partial charge in [-0.2, -0.15) is 0 Å². The van der Waals surface area contributed by atoms with E-state index >= 15 is 0 Å². The van der Waals surface area contributed by atoms with Gasteiger partial charge in [0.15, 0.2) is 11.5 Å². The number of fused-ring (bicyclic) bond motifs is 1. The average molecular weight is 363 g/mol. The van der Waals surface area contributed by atoms with Crippen molar-refractivity contribution in [1.82, 2.24) is 10.2 Å². The van der Waals surface area contributed by atoms with E-state index in [9.17, 15) is 0 Å². The Labute approximate surface area is 151 Å². The number of piperazine rings is 1. The molecule has 1 aromatic rings. The van der Waals surface area contributed by atoms with Crippen LogP contribution >= 0.6 is 24.8 Å². The molecule has 1 fully saturated rings. The molecule has 0 amide bonds. The first-order valence-electron chi connectivity index (χ1n) is 8.23. The Kier molecular flexibility index (Phi) is 9.07. The normalized spacial score (nSPS) is 18.0. The largest absolute Gasteiger partial charge is 0.454 e. The van der Waals surface area contributed by atoms with E-state index < -0.39 is 0 Å². The summed E-state index contributed by atoms with van der Waals surface area (Å²) in [6, 6.07) is 6.97. The Morgan fingerprint density at radius 2 is 1.83 bits per heavy atom. The molecule has 0 unspecified atom stereocenters. The molecule has 6 heteroatoms. The third-order valence-electron chi connectivity index (χ3n) is 4.45. The van der Waals surface area contributed by atoms with Gasteiger partial charge in [-0.1, -0.05) is 32.3 Å². The fourth-order valence-corrected chi connectivity index (χ4v) is 3.26. The lowest BCUT2D eigenvalue weighted by Crippen LogP contribution is -2.45. The first kappa shape index (κ1) is 20.4. The maximum Gasteiger partial charge on any atom is 0.231 e. The summed E-state index contributed by atoms with van der Waals surface area (Å²) in [5.41, 5.74) is 1.37. The van der Waals surface area contributed by atoms with Crippen LogP contribution in [0.2, 0.25) is 0 Å². The standard InChI is InChI=1S/C17H26N2O2.2ClH/c1-2-3-4-5-15(19-10-8-18-9-11-19)14-6-7-16-17(12-14)21-13-20-16;;/h6-7,12,15,18H,2-5,8-11,13H2,1H3;2*1H/t15-;;/m1../s1. The molecule has 2 aliphatic heterocycles. The lowest BCUT2D eigenvalue weighted by Gasteiger charge is -2.35. The van der Waals surface area contributed by atoms with Crippen molar-refractivity contribution >= 4 is 24.8 Å². The molecule has 1 atom stereocenters. The number of hydrogen-bond acceptors (Lipinski definition) is 4. The van der Waals surface area contributed by atoms with Crippen molar-refractivity contribution in [2.24, 2.45) is 0 Å².